The Hall–Kier alpha value is -2.67. The van der Waals surface area contributed by atoms with Crippen LogP contribution in [-0.4, -0.2) is 32.4 Å². The van der Waals surface area contributed by atoms with Crippen LogP contribution in [0.4, 0.5) is 0 Å². The molecular formula is C17H17N5OS. The number of hydrogen-bond donors (Lipinski definition) is 1. The number of nitrogens with one attached hydrogen (secondary N) is 1. The zero-order chi connectivity index (χ0) is 16.8. The maximum absolute atomic E-state index is 12.1. The van der Waals surface area contributed by atoms with Crippen LogP contribution in [0.3, 0.4) is 0 Å². The van der Waals surface area contributed by atoms with E-state index in [4.69, 9.17) is 0 Å². The van der Waals surface area contributed by atoms with Crippen molar-refractivity contribution in [2.45, 2.75) is 19.8 Å². The van der Waals surface area contributed by atoms with E-state index in [0.29, 0.717) is 17.9 Å². The van der Waals surface area contributed by atoms with E-state index in [0.717, 1.165) is 29.1 Å². The molecule has 0 bridgehead atoms. The summed E-state index contributed by atoms with van der Waals surface area (Å²) in [5, 5.41) is 5.96. The first-order chi connectivity index (χ1) is 11.8. The smallest absolute Gasteiger partial charge is 0.254 e. The molecule has 3 heterocycles. The molecule has 122 valence electrons. The number of pyridine rings is 1. The van der Waals surface area contributed by atoms with E-state index < -0.39 is 0 Å². The van der Waals surface area contributed by atoms with Crippen LogP contribution in [-0.2, 0) is 12.8 Å². The fourth-order valence-electron chi connectivity index (χ4n) is 2.10. The molecule has 3 rings (SSSR count). The molecule has 7 heteroatoms. The second kappa shape index (κ2) is 7.74. The minimum atomic E-state index is -0.181. The molecule has 0 aromatic carbocycles. The highest BCUT2D eigenvalue weighted by Gasteiger charge is 2.08. The van der Waals surface area contributed by atoms with Gasteiger partial charge in [0.2, 0.25) is 0 Å². The molecule has 0 aliphatic heterocycles. The van der Waals surface area contributed by atoms with Crippen LogP contribution < -0.4 is 5.32 Å². The molecule has 0 aliphatic rings. The fraction of sp³-hybridized carbons (Fsp3) is 0.235. The van der Waals surface area contributed by atoms with Gasteiger partial charge in [0.1, 0.15) is 0 Å². The Kier molecular flexibility index (Phi) is 5.22. The number of amides is 1. The third-order valence-electron chi connectivity index (χ3n) is 3.42. The van der Waals surface area contributed by atoms with Gasteiger partial charge in [0.15, 0.2) is 5.82 Å². The minimum absolute atomic E-state index is 0.181. The molecule has 0 atom stereocenters. The molecule has 3 aromatic heterocycles. The number of rotatable bonds is 6. The lowest BCUT2D eigenvalue weighted by Crippen LogP contribution is -2.26. The van der Waals surface area contributed by atoms with Crippen molar-refractivity contribution in [3.8, 4) is 11.4 Å². The van der Waals surface area contributed by atoms with Crippen LogP contribution in [0.15, 0.2) is 42.3 Å². The van der Waals surface area contributed by atoms with Crippen LogP contribution in [0.2, 0.25) is 0 Å². The van der Waals surface area contributed by atoms with E-state index in [-0.39, 0.29) is 5.91 Å². The van der Waals surface area contributed by atoms with Crippen molar-refractivity contribution in [3.05, 3.63) is 58.6 Å². The molecule has 0 saturated heterocycles. The molecule has 24 heavy (non-hydrogen) atoms. The maximum atomic E-state index is 12.1. The predicted molar refractivity (Wildman–Crippen MR) is 92.8 cm³/mol. The zero-order valence-corrected chi connectivity index (χ0v) is 14.1. The average molecular weight is 339 g/mol. The van der Waals surface area contributed by atoms with Crippen LogP contribution in [0.5, 0.6) is 0 Å². The van der Waals surface area contributed by atoms with Crippen molar-refractivity contribution in [2.75, 3.05) is 6.54 Å². The van der Waals surface area contributed by atoms with Crippen LogP contribution in [0, 0.1) is 0 Å². The van der Waals surface area contributed by atoms with Gasteiger partial charge in [-0.15, -0.1) is 11.3 Å². The van der Waals surface area contributed by atoms with Gasteiger partial charge in [0, 0.05) is 48.7 Å². The quantitative estimate of drug-likeness (QED) is 0.746. The highest BCUT2D eigenvalue weighted by molar-refractivity contribution is 7.09. The topological polar surface area (TPSA) is 80.7 Å². The number of aryl methyl sites for hydroxylation is 1. The van der Waals surface area contributed by atoms with Crippen LogP contribution >= 0.6 is 11.3 Å². The second-order valence-electron chi connectivity index (χ2n) is 5.13. The van der Waals surface area contributed by atoms with E-state index in [1.165, 1.54) is 12.4 Å². The van der Waals surface area contributed by atoms with Gasteiger partial charge in [-0.25, -0.2) is 15.0 Å². The molecular weight excluding hydrogens is 322 g/mol. The number of nitrogens with zero attached hydrogens (tertiary/aromatic N) is 4. The summed E-state index contributed by atoms with van der Waals surface area (Å²) in [4.78, 5) is 29.1. The zero-order valence-electron chi connectivity index (χ0n) is 13.3. The van der Waals surface area contributed by atoms with Gasteiger partial charge in [-0.3, -0.25) is 9.78 Å². The molecule has 0 spiro atoms. The number of hydrogen-bond acceptors (Lipinski definition) is 6. The lowest BCUT2D eigenvalue weighted by Gasteiger charge is -2.04. The average Bonchev–Trinajstić information content (AvgIpc) is 3.10. The highest BCUT2D eigenvalue weighted by atomic mass is 32.1. The van der Waals surface area contributed by atoms with E-state index in [9.17, 15) is 4.79 Å². The molecule has 1 N–H and O–H groups in total. The Bertz CT molecular complexity index is 801. The summed E-state index contributed by atoms with van der Waals surface area (Å²) in [5.41, 5.74) is 2.36. The summed E-state index contributed by atoms with van der Waals surface area (Å²) in [5.74, 6) is 0.370. The van der Waals surface area contributed by atoms with Crippen LogP contribution in [0.1, 0.15) is 28.0 Å². The minimum Gasteiger partial charge on any atom is -0.352 e. The van der Waals surface area contributed by atoms with E-state index in [1.807, 2.05) is 12.1 Å². The Morgan fingerprint density at radius 3 is 2.75 bits per heavy atom. The first-order valence-corrected chi connectivity index (χ1v) is 8.58. The van der Waals surface area contributed by atoms with Crippen molar-refractivity contribution in [1.29, 1.82) is 0 Å². The third-order valence-corrected chi connectivity index (χ3v) is 4.38. The normalized spacial score (nSPS) is 10.5. The van der Waals surface area contributed by atoms with Gasteiger partial charge >= 0.3 is 0 Å². The summed E-state index contributed by atoms with van der Waals surface area (Å²) >= 11 is 1.63. The lowest BCUT2D eigenvalue weighted by molar-refractivity contribution is 0.0953. The standard InChI is InChI=1S/C17H17N5OS/c1-2-14-11-24-15(22-14)5-7-19-17(23)13-9-20-16(21-10-13)12-4-3-6-18-8-12/h3-4,6,8-11H,2,5,7H2,1H3,(H,19,23). The van der Waals surface area contributed by atoms with Crippen molar-refractivity contribution in [2.24, 2.45) is 0 Å². The summed E-state index contributed by atoms with van der Waals surface area (Å²) in [6.07, 6.45) is 8.10. The maximum Gasteiger partial charge on any atom is 0.254 e. The molecule has 3 aromatic rings. The van der Waals surface area contributed by atoms with E-state index >= 15 is 0 Å². The molecule has 0 fully saturated rings. The molecule has 0 aliphatic carbocycles. The summed E-state index contributed by atoms with van der Waals surface area (Å²) in [6.45, 7) is 2.62. The highest BCUT2D eigenvalue weighted by Crippen LogP contribution is 2.12. The van der Waals surface area contributed by atoms with Crippen LogP contribution in [0.25, 0.3) is 11.4 Å². The first kappa shape index (κ1) is 16.2. The third kappa shape index (κ3) is 3.99. The van der Waals surface area contributed by atoms with Gasteiger partial charge in [-0.05, 0) is 18.6 Å². The number of aromatic nitrogens is 4. The summed E-state index contributed by atoms with van der Waals surface area (Å²) in [6, 6.07) is 3.70. The molecule has 0 unspecified atom stereocenters. The summed E-state index contributed by atoms with van der Waals surface area (Å²) in [7, 11) is 0. The Balaban J connectivity index is 1.55. The van der Waals surface area contributed by atoms with Crippen molar-refractivity contribution < 1.29 is 4.79 Å². The van der Waals surface area contributed by atoms with Gasteiger partial charge in [-0.1, -0.05) is 6.92 Å². The monoisotopic (exact) mass is 339 g/mol. The largest absolute Gasteiger partial charge is 0.352 e. The Labute approximate surface area is 144 Å². The molecule has 1 amide bonds. The van der Waals surface area contributed by atoms with Crippen molar-refractivity contribution in [3.63, 3.8) is 0 Å². The van der Waals surface area contributed by atoms with E-state index in [1.54, 1.807) is 23.7 Å². The lowest BCUT2D eigenvalue weighted by atomic mass is 10.2. The molecule has 0 radical (unpaired) electrons. The summed E-state index contributed by atoms with van der Waals surface area (Å²) < 4.78 is 0. The molecule has 0 saturated carbocycles. The Morgan fingerprint density at radius 2 is 2.08 bits per heavy atom. The van der Waals surface area contributed by atoms with Gasteiger partial charge in [0.25, 0.3) is 5.91 Å². The van der Waals surface area contributed by atoms with Gasteiger partial charge in [0.05, 0.1) is 16.3 Å². The first-order valence-electron chi connectivity index (χ1n) is 7.70. The van der Waals surface area contributed by atoms with Gasteiger partial charge < -0.3 is 5.32 Å². The van der Waals surface area contributed by atoms with Crippen molar-refractivity contribution in [1.82, 2.24) is 25.3 Å². The second-order valence-corrected chi connectivity index (χ2v) is 6.07. The number of carbonyl (C=O) groups is 1. The SMILES string of the molecule is CCc1csc(CCNC(=O)c2cnc(-c3cccnc3)nc2)n1. The van der Waals surface area contributed by atoms with E-state index in [2.05, 4.69) is 37.6 Å². The number of thiazole rings is 1. The number of carbonyl (C=O) groups excluding carboxylic acids is 1. The predicted octanol–water partition coefficient (Wildman–Crippen LogP) is 2.53. The molecule has 6 nitrogen and oxygen atoms in total. The fourth-order valence-corrected chi connectivity index (χ4v) is 2.98. The Morgan fingerprint density at radius 1 is 1.25 bits per heavy atom. The van der Waals surface area contributed by atoms with Crippen molar-refractivity contribution >= 4 is 17.2 Å². The van der Waals surface area contributed by atoms with Gasteiger partial charge in [-0.2, -0.15) is 0 Å².